The number of hydrogen-bond donors (Lipinski definition) is 1. The Bertz CT molecular complexity index is 164. The van der Waals surface area contributed by atoms with Crippen LogP contribution in [-0.4, -0.2) is 30.7 Å². The highest BCUT2D eigenvalue weighted by Gasteiger charge is 2.31. The molecule has 2 nitrogen and oxygen atoms in total. The molecule has 0 aromatic carbocycles. The van der Waals surface area contributed by atoms with Crippen LogP contribution >= 0.6 is 0 Å². The van der Waals surface area contributed by atoms with Gasteiger partial charge < -0.3 is 5.32 Å². The van der Waals surface area contributed by atoms with Crippen LogP contribution in [0.5, 0.6) is 0 Å². The Kier molecular flexibility index (Phi) is 3.82. The minimum Gasteiger partial charge on any atom is -0.300 e. The predicted octanol–water partition coefficient (Wildman–Crippen LogP) is 2.21. The standard InChI is InChI=1S/C12H24N2/c1-2-9-14-10-8-13-12(14)11-6-4-3-5-7-11/h11-13H,2-10H2,1H3. The van der Waals surface area contributed by atoms with E-state index >= 15 is 0 Å². The van der Waals surface area contributed by atoms with Gasteiger partial charge in [0.2, 0.25) is 0 Å². The Balaban J connectivity index is 1.87. The molecule has 1 aliphatic carbocycles. The molecule has 2 fully saturated rings. The van der Waals surface area contributed by atoms with Crippen LogP contribution in [0.2, 0.25) is 0 Å². The molecule has 1 N–H and O–H groups in total. The minimum absolute atomic E-state index is 0.718. The second kappa shape index (κ2) is 5.13. The fraction of sp³-hybridized carbons (Fsp3) is 1.00. The Morgan fingerprint density at radius 2 is 2.00 bits per heavy atom. The van der Waals surface area contributed by atoms with Crippen LogP contribution in [0.4, 0.5) is 0 Å². The topological polar surface area (TPSA) is 15.3 Å². The summed E-state index contributed by atoms with van der Waals surface area (Å²) in [6.07, 6.45) is 9.32. The average Bonchev–Trinajstić information content (AvgIpc) is 2.68. The molecule has 1 atom stereocenters. The van der Waals surface area contributed by atoms with Crippen LogP contribution in [0.1, 0.15) is 45.4 Å². The quantitative estimate of drug-likeness (QED) is 0.744. The van der Waals surface area contributed by atoms with E-state index in [9.17, 15) is 0 Å². The molecule has 0 aromatic rings. The molecule has 2 heteroatoms. The Morgan fingerprint density at radius 1 is 1.21 bits per heavy atom. The van der Waals surface area contributed by atoms with Crippen LogP contribution in [0.15, 0.2) is 0 Å². The number of nitrogens with one attached hydrogen (secondary N) is 1. The first-order valence-electron chi connectivity index (χ1n) is 6.39. The summed E-state index contributed by atoms with van der Waals surface area (Å²) in [4.78, 5) is 2.66. The summed E-state index contributed by atoms with van der Waals surface area (Å²) < 4.78 is 0. The Morgan fingerprint density at radius 3 is 2.71 bits per heavy atom. The minimum atomic E-state index is 0.718. The molecular formula is C12H24N2. The van der Waals surface area contributed by atoms with Crippen molar-refractivity contribution in [3.8, 4) is 0 Å². The van der Waals surface area contributed by atoms with Crippen molar-refractivity contribution < 1.29 is 0 Å². The largest absolute Gasteiger partial charge is 0.300 e. The molecule has 0 amide bonds. The first-order chi connectivity index (χ1) is 6.92. The van der Waals surface area contributed by atoms with Crippen LogP contribution in [0.3, 0.4) is 0 Å². The van der Waals surface area contributed by atoms with Gasteiger partial charge in [0, 0.05) is 13.1 Å². The van der Waals surface area contributed by atoms with Gasteiger partial charge >= 0.3 is 0 Å². The van der Waals surface area contributed by atoms with E-state index in [4.69, 9.17) is 0 Å². The zero-order chi connectivity index (χ0) is 9.80. The summed E-state index contributed by atoms with van der Waals surface area (Å²) in [6, 6.07) is 0. The molecule has 14 heavy (non-hydrogen) atoms. The van der Waals surface area contributed by atoms with Crippen LogP contribution in [-0.2, 0) is 0 Å². The van der Waals surface area contributed by atoms with Gasteiger partial charge in [-0.2, -0.15) is 0 Å². The second-order valence-corrected chi connectivity index (χ2v) is 4.83. The third-order valence-electron chi connectivity index (χ3n) is 3.75. The van der Waals surface area contributed by atoms with Crippen molar-refractivity contribution in [2.45, 2.75) is 51.6 Å². The van der Waals surface area contributed by atoms with Crippen molar-refractivity contribution in [2.75, 3.05) is 19.6 Å². The van der Waals surface area contributed by atoms with Gasteiger partial charge in [-0.05, 0) is 31.7 Å². The van der Waals surface area contributed by atoms with E-state index in [0.29, 0.717) is 0 Å². The Labute approximate surface area is 88.1 Å². The van der Waals surface area contributed by atoms with Gasteiger partial charge in [0.25, 0.3) is 0 Å². The van der Waals surface area contributed by atoms with E-state index in [1.807, 2.05) is 0 Å². The van der Waals surface area contributed by atoms with Crippen molar-refractivity contribution in [3.63, 3.8) is 0 Å². The van der Waals surface area contributed by atoms with Crippen molar-refractivity contribution in [1.29, 1.82) is 0 Å². The highest BCUT2D eigenvalue weighted by molar-refractivity contribution is 4.84. The zero-order valence-electron chi connectivity index (χ0n) is 9.47. The summed E-state index contributed by atoms with van der Waals surface area (Å²) in [7, 11) is 0. The summed E-state index contributed by atoms with van der Waals surface area (Å²) in [6.45, 7) is 6.06. The van der Waals surface area contributed by atoms with Gasteiger partial charge in [-0.3, -0.25) is 4.90 Å². The van der Waals surface area contributed by atoms with E-state index in [0.717, 1.165) is 12.1 Å². The monoisotopic (exact) mass is 196 g/mol. The molecule has 2 rings (SSSR count). The number of nitrogens with zero attached hydrogens (tertiary/aromatic N) is 1. The number of hydrogen-bond acceptors (Lipinski definition) is 2. The molecule has 1 saturated heterocycles. The van der Waals surface area contributed by atoms with E-state index in [-0.39, 0.29) is 0 Å². The van der Waals surface area contributed by atoms with Crippen LogP contribution < -0.4 is 5.32 Å². The number of rotatable bonds is 3. The first kappa shape index (κ1) is 10.4. The van der Waals surface area contributed by atoms with Crippen molar-refractivity contribution in [2.24, 2.45) is 5.92 Å². The summed E-state index contributed by atoms with van der Waals surface area (Å²) in [5.74, 6) is 0.942. The second-order valence-electron chi connectivity index (χ2n) is 4.83. The molecular weight excluding hydrogens is 172 g/mol. The van der Waals surface area contributed by atoms with Crippen LogP contribution in [0, 0.1) is 5.92 Å². The summed E-state index contributed by atoms with van der Waals surface area (Å²) in [5, 5.41) is 3.69. The zero-order valence-corrected chi connectivity index (χ0v) is 9.47. The summed E-state index contributed by atoms with van der Waals surface area (Å²) >= 11 is 0. The van der Waals surface area contributed by atoms with E-state index in [1.54, 1.807) is 0 Å². The maximum Gasteiger partial charge on any atom is 0.0626 e. The van der Waals surface area contributed by atoms with Gasteiger partial charge in [-0.1, -0.05) is 26.2 Å². The molecule has 0 spiro atoms. The van der Waals surface area contributed by atoms with Gasteiger partial charge in [-0.15, -0.1) is 0 Å². The normalized spacial score (nSPS) is 31.1. The lowest BCUT2D eigenvalue weighted by Gasteiger charge is -2.33. The summed E-state index contributed by atoms with van der Waals surface area (Å²) in [5.41, 5.74) is 0. The first-order valence-corrected chi connectivity index (χ1v) is 6.39. The lowest BCUT2D eigenvalue weighted by atomic mass is 9.87. The molecule has 1 saturated carbocycles. The van der Waals surface area contributed by atoms with E-state index < -0.39 is 0 Å². The van der Waals surface area contributed by atoms with E-state index in [1.165, 1.54) is 58.2 Å². The molecule has 1 heterocycles. The van der Waals surface area contributed by atoms with E-state index in [2.05, 4.69) is 17.1 Å². The lowest BCUT2D eigenvalue weighted by Crippen LogP contribution is -2.43. The van der Waals surface area contributed by atoms with Gasteiger partial charge in [0.1, 0.15) is 0 Å². The maximum absolute atomic E-state index is 3.69. The highest BCUT2D eigenvalue weighted by atomic mass is 15.3. The molecule has 1 unspecified atom stereocenters. The lowest BCUT2D eigenvalue weighted by molar-refractivity contribution is 0.144. The molecule has 0 aromatic heterocycles. The van der Waals surface area contributed by atoms with Gasteiger partial charge in [-0.25, -0.2) is 0 Å². The Hall–Kier alpha value is -0.0800. The molecule has 2 aliphatic rings. The average molecular weight is 196 g/mol. The fourth-order valence-electron chi connectivity index (χ4n) is 3.08. The van der Waals surface area contributed by atoms with Gasteiger partial charge in [0.15, 0.2) is 0 Å². The fourth-order valence-corrected chi connectivity index (χ4v) is 3.08. The predicted molar refractivity (Wildman–Crippen MR) is 60.2 cm³/mol. The molecule has 82 valence electrons. The molecule has 0 bridgehead atoms. The van der Waals surface area contributed by atoms with Crippen LogP contribution in [0.25, 0.3) is 0 Å². The third kappa shape index (κ3) is 2.29. The van der Waals surface area contributed by atoms with Crippen molar-refractivity contribution in [3.05, 3.63) is 0 Å². The smallest absolute Gasteiger partial charge is 0.0626 e. The molecule has 1 aliphatic heterocycles. The SMILES string of the molecule is CCCN1CCNC1C1CCCCC1. The highest BCUT2D eigenvalue weighted by Crippen LogP contribution is 2.29. The van der Waals surface area contributed by atoms with Crippen molar-refractivity contribution >= 4 is 0 Å². The molecule has 0 radical (unpaired) electrons. The maximum atomic E-state index is 3.69. The third-order valence-corrected chi connectivity index (χ3v) is 3.75. The van der Waals surface area contributed by atoms with Gasteiger partial charge in [0.05, 0.1) is 6.17 Å². The van der Waals surface area contributed by atoms with Crippen molar-refractivity contribution in [1.82, 2.24) is 10.2 Å².